The van der Waals surface area contributed by atoms with Crippen LogP contribution in [-0.4, -0.2) is 21.8 Å². The van der Waals surface area contributed by atoms with Crippen molar-refractivity contribution in [3.63, 3.8) is 0 Å². The number of aryl methyl sites for hydroxylation is 2. The Kier molecular flexibility index (Phi) is 4.28. The second-order valence-corrected chi connectivity index (χ2v) is 5.51. The number of hydrogen-bond acceptors (Lipinski definition) is 4. The molecule has 0 fully saturated rings. The minimum atomic E-state index is 0.189. The average molecular weight is 276 g/mol. The summed E-state index contributed by atoms with van der Waals surface area (Å²) in [5.74, 6) is 2.97. The Morgan fingerprint density at radius 3 is 2.45 bits per heavy atom. The SMILES string of the molecule is CNC(Cc1ncnn1C(C)C)c1c(C)oc(C)c1C. The zero-order valence-electron chi connectivity index (χ0n) is 13.2. The molecule has 20 heavy (non-hydrogen) atoms. The Balaban J connectivity index is 2.32. The fraction of sp³-hybridized carbons (Fsp3) is 0.600. The molecule has 110 valence electrons. The maximum Gasteiger partial charge on any atom is 0.138 e. The first-order chi connectivity index (χ1) is 9.45. The topological polar surface area (TPSA) is 55.9 Å². The van der Waals surface area contributed by atoms with Crippen LogP contribution in [0.4, 0.5) is 0 Å². The van der Waals surface area contributed by atoms with Crippen molar-refractivity contribution in [1.29, 1.82) is 0 Å². The Hall–Kier alpha value is -1.62. The molecule has 1 atom stereocenters. The standard InChI is InChI=1S/C15H24N4O/c1-9(2)19-14(17-8-18-19)7-13(16-6)15-10(3)11(4)20-12(15)5/h8-9,13,16H,7H2,1-6H3. The van der Waals surface area contributed by atoms with Gasteiger partial charge in [0.15, 0.2) is 0 Å². The first-order valence-electron chi connectivity index (χ1n) is 7.07. The number of nitrogens with zero attached hydrogens (tertiary/aromatic N) is 3. The van der Waals surface area contributed by atoms with Crippen LogP contribution < -0.4 is 5.32 Å². The summed E-state index contributed by atoms with van der Waals surface area (Å²) in [4.78, 5) is 4.40. The maximum absolute atomic E-state index is 5.74. The molecule has 5 nitrogen and oxygen atoms in total. The monoisotopic (exact) mass is 276 g/mol. The van der Waals surface area contributed by atoms with Crippen LogP contribution in [0.15, 0.2) is 10.7 Å². The van der Waals surface area contributed by atoms with E-state index < -0.39 is 0 Å². The first-order valence-corrected chi connectivity index (χ1v) is 7.07. The molecule has 0 aliphatic heterocycles. The zero-order valence-corrected chi connectivity index (χ0v) is 13.2. The number of hydrogen-bond donors (Lipinski definition) is 1. The summed E-state index contributed by atoms with van der Waals surface area (Å²) < 4.78 is 7.72. The van der Waals surface area contributed by atoms with Gasteiger partial charge in [-0.1, -0.05) is 0 Å². The lowest BCUT2D eigenvalue weighted by molar-refractivity contribution is 0.466. The van der Waals surface area contributed by atoms with Crippen molar-refractivity contribution in [3.05, 3.63) is 34.8 Å². The predicted molar refractivity (Wildman–Crippen MR) is 78.8 cm³/mol. The van der Waals surface area contributed by atoms with Crippen molar-refractivity contribution in [3.8, 4) is 0 Å². The highest BCUT2D eigenvalue weighted by Gasteiger charge is 2.22. The van der Waals surface area contributed by atoms with Gasteiger partial charge < -0.3 is 9.73 Å². The highest BCUT2D eigenvalue weighted by molar-refractivity contribution is 5.34. The molecule has 0 amide bonds. The summed E-state index contributed by atoms with van der Waals surface area (Å²) >= 11 is 0. The molecule has 0 saturated carbocycles. The van der Waals surface area contributed by atoms with Gasteiger partial charge in [0.1, 0.15) is 23.7 Å². The summed E-state index contributed by atoms with van der Waals surface area (Å²) in [6, 6.07) is 0.507. The molecule has 2 aromatic rings. The molecule has 2 rings (SSSR count). The molecular formula is C15H24N4O. The van der Waals surface area contributed by atoms with E-state index in [0.29, 0.717) is 6.04 Å². The van der Waals surface area contributed by atoms with Gasteiger partial charge >= 0.3 is 0 Å². The van der Waals surface area contributed by atoms with Gasteiger partial charge in [-0.05, 0) is 47.2 Å². The van der Waals surface area contributed by atoms with Gasteiger partial charge in [-0.3, -0.25) is 0 Å². The number of nitrogens with one attached hydrogen (secondary N) is 1. The minimum Gasteiger partial charge on any atom is -0.466 e. The van der Waals surface area contributed by atoms with Crippen molar-refractivity contribution in [2.45, 2.75) is 53.1 Å². The lowest BCUT2D eigenvalue weighted by Gasteiger charge is -2.18. The molecule has 0 bridgehead atoms. The van der Waals surface area contributed by atoms with E-state index in [1.165, 1.54) is 11.1 Å². The van der Waals surface area contributed by atoms with Crippen molar-refractivity contribution in [2.24, 2.45) is 0 Å². The molecule has 0 saturated heterocycles. The highest BCUT2D eigenvalue weighted by Crippen LogP contribution is 2.29. The average Bonchev–Trinajstić information content (AvgIpc) is 2.94. The summed E-state index contributed by atoms with van der Waals surface area (Å²) in [6.07, 6.45) is 2.43. The predicted octanol–water partition coefficient (Wildman–Crippen LogP) is 2.88. The van der Waals surface area contributed by atoms with Crippen LogP contribution in [0.2, 0.25) is 0 Å². The fourth-order valence-electron chi connectivity index (χ4n) is 2.70. The van der Waals surface area contributed by atoms with Crippen LogP contribution in [0.3, 0.4) is 0 Å². The van der Waals surface area contributed by atoms with Gasteiger partial charge in [0, 0.05) is 24.1 Å². The molecule has 2 heterocycles. The van der Waals surface area contributed by atoms with Crippen LogP contribution >= 0.6 is 0 Å². The smallest absolute Gasteiger partial charge is 0.138 e. The Morgan fingerprint density at radius 2 is 1.95 bits per heavy atom. The molecule has 0 spiro atoms. The van der Waals surface area contributed by atoms with Gasteiger partial charge in [0.05, 0.1) is 0 Å². The molecular weight excluding hydrogens is 252 g/mol. The van der Waals surface area contributed by atoms with Crippen molar-refractivity contribution >= 4 is 0 Å². The number of furan rings is 1. The number of aromatic nitrogens is 3. The van der Waals surface area contributed by atoms with E-state index in [-0.39, 0.29) is 6.04 Å². The molecule has 1 unspecified atom stereocenters. The number of likely N-dealkylation sites (N-methyl/N-ethyl adjacent to an activating group) is 1. The van der Waals surface area contributed by atoms with Crippen LogP contribution in [0.5, 0.6) is 0 Å². The quantitative estimate of drug-likeness (QED) is 0.912. The van der Waals surface area contributed by atoms with E-state index >= 15 is 0 Å². The third-order valence-electron chi connectivity index (χ3n) is 3.84. The largest absolute Gasteiger partial charge is 0.466 e. The third-order valence-corrected chi connectivity index (χ3v) is 3.84. The molecule has 0 aliphatic carbocycles. The number of rotatable bonds is 5. The summed E-state index contributed by atoms with van der Waals surface area (Å²) in [5, 5.41) is 7.68. The van der Waals surface area contributed by atoms with E-state index in [2.05, 4.69) is 36.2 Å². The van der Waals surface area contributed by atoms with Crippen molar-refractivity contribution in [1.82, 2.24) is 20.1 Å². The van der Waals surface area contributed by atoms with Gasteiger partial charge in [0.25, 0.3) is 0 Å². The molecule has 0 radical (unpaired) electrons. The first kappa shape index (κ1) is 14.8. The van der Waals surface area contributed by atoms with Gasteiger partial charge in [-0.25, -0.2) is 9.67 Å². The van der Waals surface area contributed by atoms with Gasteiger partial charge in [-0.15, -0.1) is 0 Å². The van der Waals surface area contributed by atoms with Crippen molar-refractivity contribution < 1.29 is 4.42 Å². The van der Waals surface area contributed by atoms with E-state index in [1.54, 1.807) is 6.33 Å². The Labute approximate surface area is 120 Å². The summed E-state index contributed by atoms with van der Waals surface area (Å²) in [5.41, 5.74) is 2.46. The maximum atomic E-state index is 5.74. The fourth-order valence-corrected chi connectivity index (χ4v) is 2.70. The minimum absolute atomic E-state index is 0.189. The lowest BCUT2D eigenvalue weighted by Crippen LogP contribution is -2.22. The van der Waals surface area contributed by atoms with Crippen molar-refractivity contribution in [2.75, 3.05) is 7.05 Å². The highest BCUT2D eigenvalue weighted by atomic mass is 16.3. The molecule has 0 aromatic carbocycles. The third kappa shape index (κ3) is 2.63. The van der Waals surface area contributed by atoms with Crippen LogP contribution in [0.1, 0.15) is 54.4 Å². The van der Waals surface area contributed by atoms with E-state index in [4.69, 9.17) is 4.42 Å². The van der Waals surface area contributed by atoms with Gasteiger partial charge in [-0.2, -0.15) is 5.10 Å². The molecule has 0 aliphatic rings. The van der Waals surface area contributed by atoms with E-state index in [9.17, 15) is 0 Å². The molecule has 5 heteroatoms. The lowest BCUT2D eigenvalue weighted by atomic mass is 9.99. The summed E-state index contributed by atoms with van der Waals surface area (Å²) in [6.45, 7) is 10.4. The Morgan fingerprint density at radius 1 is 1.25 bits per heavy atom. The van der Waals surface area contributed by atoms with E-state index in [1.807, 2.05) is 25.6 Å². The molecule has 2 aromatic heterocycles. The summed E-state index contributed by atoms with van der Waals surface area (Å²) in [7, 11) is 1.97. The second kappa shape index (κ2) is 5.79. The van der Waals surface area contributed by atoms with E-state index in [0.717, 1.165) is 23.8 Å². The zero-order chi connectivity index (χ0) is 14.9. The second-order valence-electron chi connectivity index (χ2n) is 5.51. The molecule has 1 N–H and O–H groups in total. The van der Waals surface area contributed by atoms with Crippen LogP contribution in [-0.2, 0) is 6.42 Å². The van der Waals surface area contributed by atoms with Crippen LogP contribution in [0, 0.1) is 20.8 Å². The van der Waals surface area contributed by atoms with Gasteiger partial charge in [0.2, 0.25) is 0 Å². The Bertz CT molecular complexity index is 583. The normalized spacial score (nSPS) is 13.2. The van der Waals surface area contributed by atoms with Crippen LogP contribution in [0.25, 0.3) is 0 Å².